The van der Waals surface area contributed by atoms with E-state index in [2.05, 4.69) is 15.1 Å². The molecule has 0 radical (unpaired) electrons. The number of anilines is 1. The maximum absolute atomic E-state index is 12.6. The van der Waals surface area contributed by atoms with Crippen molar-refractivity contribution in [3.05, 3.63) is 75.6 Å². The Morgan fingerprint density at radius 1 is 1.13 bits per heavy atom. The summed E-state index contributed by atoms with van der Waals surface area (Å²) in [6.07, 6.45) is 1.26. The zero-order valence-corrected chi connectivity index (χ0v) is 19.4. The number of rotatable bonds is 7. The van der Waals surface area contributed by atoms with E-state index in [4.69, 9.17) is 11.6 Å². The lowest BCUT2D eigenvalue weighted by molar-refractivity contribution is -0.120. The summed E-state index contributed by atoms with van der Waals surface area (Å²) in [5.41, 5.74) is 5.43. The van der Waals surface area contributed by atoms with Crippen molar-refractivity contribution in [1.29, 1.82) is 0 Å². The second kappa shape index (κ2) is 9.11. The number of amides is 1. The summed E-state index contributed by atoms with van der Waals surface area (Å²) < 4.78 is 27.4. The average molecular weight is 461 g/mol. The summed E-state index contributed by atoms with van der Waals surface area (Å²) in [4.78, 5) is 12.6. The van der Waals surface area contributed by atoms with Gasteiger partial charge in [-0.1, -0.05) is 35.9 Å². The fraction of sp³-hybridized carbons (Fsp3) is 0.273. The number of para-hydroxylation sites is 1. The molecule has 1 aromatic heterocycles. The predicted octanol–water partition coefficient (Wildman–Crippen LogP) is 3.68. The molecule has 9 heteroatoms. The minimum absolute atomic E-state index is 0.166. The van der Waals surface area contributed by atoms with Gasteiger partial charge < -0.3 is 5.32 Å². The van der Waals surface area contributed by atoms with Gasteiger partial charge in [-0.25, -0.2) is 13.1 Å². The van der Waals surface area contributed by atoms with Crippen LogP contribution in [0.15, 0.2) is 42.5 Å². The second-order valence-electron chi connectivity index (χ2n) is 7.48. The summed E-state index contributed by atoms with van der Waals surface area (Å²) in [7, 11) is -3.41. The molecule has 0 aliphatic heterocycles. The number of sulfonamides is 1. The number of carbonyl (C=O) groups is 1. The van der Waals surface area contributed by atoms with E-state index < -0.39 is 10.0 Å². The summed E-state index contributed by atoms with van der Waals surface area (Å²) in [5.74, 6) is -0.179. The van der Waals surface area contributed by atoms with Crippen molar-refractivity contribution >= 4 is 33.2 Å². The van der Waals surface area contributed by atoms with E-state index in [1.54, 1.807) is 28.9 Å². The fourth-order valence-corrected chi connectivity index (χ4v) is 4.06. The van der Waals surface area contributed by atoms with Crippen LogP contribution in [0.5, 0.6) is 0 Å². The number of hydrogen-bond acceptors (Lipinski definition) is 4. The van der Waals surface area contributed by atoms with Gasteiger partial charge in [-0.15, -0.1) is 0 Å². The number of nitrogens with zero attached hydrogens (tertiary/aromatic N) is 2. The van der Waals surface area contributed by atoms with E-state index in [0.29, 0.717) is 16.3 Å². The molecule has 2 aromatic carbocycles. The number of nitrogens with one attached hydrogen (secondary N) is 2. The van der Waals surface area contributed by atoms with Crippen LogP contribution >= 0.6 is 11.6 Å². The number of carbonyl (C=O) groups excluding carboxylic acids is 1. The molecule has 0 saturated carbocycles. The minimum Gasteiger partial charge on any atom is -0.352 e. The summed E-state index contributed by atoms with van der Waals surface area (Å²) >= 11 is 6.25. The van der Waals surface area contributed by atoms with Crippen LogP contribution in [0.1, 0.15) is 28.1 Å². The Labute approximate surface area is 187 Å². The van der Waals surface area contributed by atoms with Gasteiger partial charge in [0.2, 0.25) is 15.9 Å². The largest absolute Gasteiger partial charge is 0.352 e. The monoisotopic (exact) mass is 460 g/mol. The topological polar surface area (TPSA) is 93.1 Å². The molecule has 0 unspecified atom stereocenters. The Bertz CT molecular complexity index is 1240. The highest BCUT2D eigenvalue weighted by molar-refractivity contribution is 7.92. The van der Waals surface area contributed by atoms with Crippen LogP contribution in [0, 0.1) is 20.8 Å². The molecule has 3 rings (SSSR count). The lowest BCUT2D eigenvalue weighted by Crippen LogP contribution is -2.25. The molecule has 0 fully saturated rings. The Morgan fingerprint density at radius 3 is 2.52 bits per heavy atom. The molecule has 0 atom stereocenters. The van der Waals surface area contributed by atoms with Gasteiger partial charge in [0.25, 0.3) is 0 Å². The van der Waals surface area contributed by atoms with Crippen LogP contribution in [0.25, 0.3) is 5.69 Å². The van der Waals surface area contributed by atoms with Crippen LogP contribution in [-0.2, 0) is 27.8 Å². The van der Waals surface area contributed by atoms with Crippen LogP contribution < -0.4 is 10.0 Å². The van der Waals surface area contributed by atoms with Crippen molar-refractivity contribution in [2.45, 2.75) is 33.7 Å². The van der Waals surface area contributed by atoms with Crippen molar-refractivity contribution in [1.82, 2.24) is 15.1 Å². The van der Waals surface area contributed by atoms with Crippen molar-refractivity contribution < 1.29 is 13.2 Å². The molecular formula is C22H25ClN4O3S. The molecule has 1 amide bonds. The third-order valence-electron chi connectivity index (χ3n) is 4.97. The van der Waals surface area contributed by atoms with Crippen LogP contribution in [0.2, 0.25) is 5.02 Å². The quantitative estimate of drug-likeness (QED) is 0.562. The van der Waals surface area contributed by atoms with E-state index in [0.717, 1.165) is 34.5 Å². The molecule has 0 saturated heterocycles. The fourth-order valence-electron chi connectivity index (χ4n) is 3.29. The van der Waals surface area contributed by atoms with Crippen molar-refractivity contribution in [3.8, 4) is 5.69 Å². The zero-order valence-electron chi connectivity index (χ0n) is 17.9. The van der Waals surface area contributed by atoms with Crippen molar-refractivity contribution in [2.75, 3.05) is 11.0 Å². The van der Waals surface area contributed by atoms with Gasteiger partial charge in [0.1, 0.15) is 0 Å². The van der Waals surface area contributed by atoms with Crippen LogP contribution in [0.3, 0.4) is 0 Å². The highest BCUT2D eigenvalue weighted by Gasteiger charge is 2.17. The highest BCUT2D eigenvalue weighted by atomic mass is 35.5. The minimum atomic E-state index is -3.41. The third kappa shape index (κ3) is 5.65. The number of benzene rings is 2. The van der Waals surface area contributed by atoms with Crippen LogP contribution in [0.4, 0.5) is 5.69 Å². The molecule has 0 aliphatic carbocycles. The van der Waals surface area contributed by atoms with Gasteiger partial charge in [0, 0.05) is 22.8 Å². The first-order chi connectivity index (χ1) is 14.5. The number of aromatic nitrogens is 2. The molecule has 0 spiro atoms. The van der Waals surface area contributed by atoms with Gasteiger partial charge in [0.05, 0.1) is 29.7 Å². The lowest BCUT2D eigenvalue weighted by Gasteiger charge is -2.12. The molecule has 31 heavy (non-hydrogen) atoms. The first-order valence-corrected chi connectivity index (χ1v) is 12.0. The van der Waals surface area contributed by atoms with Crippen molar-refractivity contribution in [3.63, 3.8) is 0 Å². The summed E-state index contributed by atoms with van der Waals surface area (Å²) in [6, 6.07) is 12.7. The van der Waals surface area contributed by atoms with Gasteiger partial charge in [0.15, 0.2) is 0 Å². The third-order valence-corrected chi connectivity index (χ3v) is 5.97. The van der Waals surface area contributed by atoms with Crippen molar-refractivity contribution in [2.24, 2.45) is 0 Å². The van der Waals surface area contributed by atoms with Gasteiger partial charge in [-0.3, -0.25) is 9.52 Å². The summed E-state index contributed by atoms with van der Waals surface area (Å²) in [5, 5.41) is 8.10. The molecular weight excluding hydrogens is 436 g/mol. The predicted molar refractivity (Wildman–Crippen MR) is 123 cm³/mol. The normalized spacial score (nSPS) is 11.4. The lowest BCUT2D eigenvalue weighted by atomic mass is 10.1. The second-order valence-corrected chi connectivity index (χ2v) is 9.64. The Kier molecular flexibility index (Phi) is 6.71. The average Bonchev–Trinajstić information content (AvgIpc) is 2.96. The molecule has 1 heterocycles. The maximum atomic E-state index is 12.6. The molecule has 0 aliphatic rings. The van der Waals surface area contributed by atoms with E-state index in [-0.39, 0.29) is 18.9 Å². The standard InChI is InChI=1S/C22H25ClN4O3S/c1-14-9-10-18(11-20(14)23)27-16(3)19(15(2)25-27)12-22(28)24-13-17-7-5-6-8-21(17)26-31(4,29)30/h5-11,26H,12-13H2,1-4H3,(H,24,28). The smallest absolute Gasteiger partial charge is 0.229 e. The Hall–Kier alpha value is -2.84. The molecule has 0 bridgehead atoms. The first-order valence-electron chi connectivity index (χ1n) is 9.69. The van der Waals surface area contributed by atoms with E-state index in [1.165, 1.54) is 0 Å². The van der Waals surface area contributed by atoms with Gasteiger partial charge >= 0.3 is 0 Å². The Balaban J connectivity index is 1.74. The first kappa shape index (κ1) is 22.8. The maximum Gasteiger partial charge on any atom is 0.229 e. The van der Waals surface area contributed by atoms with Gasteiger partial charge in [-0.05, 0) is 50.1 Å². The highest BCUT2D eigenvalue weighted by Crippen LogP contribution is 2.23. The van der Waals surface area contributed by atoms with E-state index in [1.807, 2.05) is 39.0 Å². The summed E-state index contributed by atoms with van der Waals surface area (Å²) in [6.45, 7) is 5.93. The van der Waals surface area contributed by atoms with E-state index >= 15 is 0 Å². The number of halogens is 1. The number of hydrogen-bond donors (Lipinski definition) is 2. The molecule has 164 valence electrons. The van der Waals surface area contributed by atoms with E-state index in [9.17, 15) is 13.2 Å². The molecule has 7 nitrogen and oxygen atoms in total. The number of aryl methyl sites for hydroxylation is 2. The molecule has 3 aromatic rings. The van der Waals surface area contributed by atoms with Crippen LogP contribution in [-0.4, -0.2) is 30.4 Å². The molecule has 2 N–H and O–H groups in total. The van der Waals surface area contributed by atoms with Gasteiger partial charge in [-0.2, -0.15) is 5.10 Å². The Morgan fingerprint density at radius 2 is 1.84 bits per heavy atom. The SMILES string of the molecule is Cc1ccc(-n2nc(C)c(CC(=O)NCc3ccccc3NS(C)(=O)=O)c2C)cc1Cl. The zero-order chi connectivity index (χ0) is 22.8.